The Balaban J connectivity index is 2.42. The maximum absolute atomic E-state index is 5.35. The quantitative estimate of drug-likeness (QED) is 0.408. The average Bonchev–Trinajstić information content (AvgIpc) is 2.56. The van der Waals surface area contributed by atoms with Gasteiger partial charge in [-0.1, -0.05) is 6.08 Å². The summed E-state index contributed by atoms with van der Waals surface area (Å²) in [6.45, 7) is 3.67. The molecule has 0 aliphatic heterocycles. The second-order valence-electron chi connectivity index (χ2n) is 2.52. The van der Waals surface area contributed by atoms with Crippen LogP contribution >= 0.6 is 11.3 Å². The lowest BCUT2D eigenvalue weighted by molar-refractivity contribution is 0.530. The predicted molar refractivity (Wildman–Crippen MR) is 51.7 cm³/mol. The van der Waals surface area contributed by atoms with Crippen LogP contribution in [0.3, 0.4) is 0 Å². The van der Waals surface area contributed by atoms with E-state index in [0.29, 0.717) is 0 Å². The zero-order valence-electron chi connectivity index (χ0n) is 6.86. The summed E-state index contributed by atoms with van der Waals surface area (Å²) >= 11 is 1.65. The van der Waals surface area contributed by atoms with E-state index < -0.39 is 0 Å². The van der Waals surface area contributed by atoms with E-state index in [1.54, 1.807) is 11.3 Å². The Morgan fingerprint density at radius 2 is 2.67 bits per heavy atom. The van der Waals surface area contributed by atoms with Crippen LogP contribution in [-0.4, -0.2) is 11.0 Å². The van der Waals surface area contributed by atoms with Gasteiger partial charge in [-0.25, -0.2) is 4.98 Å². The molecule has 1 unspecified atom stereocenters. The van der Waals surface area contributed by atoms with E-state index in [1.807, 2.05) is 17.7 Å². The Labute approximate surface area is 76.3 Å². The zero-order chi connectivity index (χ0) is 8.81. The Morgan fingerprint density at radius 1 is 1.83 bits per heavy atom. The molecular weight excluding hydrogens is 170 g/mol. The fraction of sp³-hybridized carbons (Fsp3) is 0.375. The first-order chi connectivity index (χ1) is 5.86. The topological polar surface area (TPSA) is 50.9 Å². The van der Waals surface area contributed by atoms with Crippen molar-refractivity contribution < 1.29 is 0 Å². The molecular formula is C8H13N3S. The van der Waals surface area contributed by atoms with Crippen LogP contribution in [0.1, 0.15) is 11.4 Å². The molecule has 3 nitrogen and oxygen atoms in total. The number of hydrogen-bond acceptors (Lipinski definition) is 4. The van der Waals surface area contributed by atoms with Crippen molar-refractivity contribution in [3.05, 3.63) is 29.2 Å². The summed E-state index contributed by atoms with van der Waals surface area (Å²) in [4.78, 5) is 4.17. The van der Waals surface area contributed by atoms with Crippen molar-refractivity contribution in [2.24, 2.45) is 5.84 Å². The Bertz CT molecular complexity index is 220. The molecule has 0 aromatic carbocycles. The van der Waals surface area contributed by atoms with Gasteiger partial charge in [-0.2, -0.15) is 0 Å². The van der Waals surface area contributed by atoms with Gasteiger partial charge in [0, 0.05) is 24.0 Å². The second-order valence-corrected chi connectivity index (χ2v) is 3.50. The van der Waals surface area contributed by atoms with Crippen molar-refractivity contribution in [2.75, 3.05) is 0 Å². The lowest BCUT2D eigenvalue weighted by Crippen LogP contribution is -2.36. The van der Waals surface area contributed by atoms with Crippen LogP contribution in [0.25, 0.3) is 0 Å². The van der Waals surface area contributed by atoms with Crippen molar-refractivity contribution in [3.8, 4) is 0 Å². The molecule has 1 aromatic heterocycles. The molecule has 1 atom stereocenters. The van der Waals surface area contributed by atoms with E-state index >= 15 is 0 Å². The van der Waals surface area contributed by atoms with Crippen LogP contribution in [0.15, 0.2) is 24.2 Å². The summed E-state index contributed by atoms with van der Waals surface area (Å²) < 4.78 is 0. The number of nitrogens with two attached hydrogens (primary N) is 1. The third-order valence-electron chi connectivity index (χ3n) is 1.59. The van der Waals surface area contributed by atoms with Crippen molar-refractivity contribution in [1.82, 2.24) is 10.4 Å². The number of rotatable bonds is 5. The van der Waals surface area contributed by atoms with Crippen molar-refractivity contribution in [3.63, 3.8) is 0 Å². The van der Waals surface area contributed by atoms with Gasteiger partial charge in [0.2, 0.25) is 0 Å². The molecule has 4 heteroatoms. The average molecular weight is 183 g/mol. The molecule has 0 fully saturated rings. The van der Waals surface area contributed by atoms with E-state index in [-0.39, 0.29) is 6.04 Å². The molecule has 3 N–H and O–H groups in total. The lowest BCUT2D eigenvalue weighted by Gasteiger charge is -2.10. The first-order valence-electron chi connectivity index (χ1n) is 3.82. The van der Waals surface area contributed by atoms with E-state index in [2.05, 4.69) is 17.0 Å². The van der Waals surface area contributed by atoms with E-state index in [9.17, 15) is 0 Å². The Hall–Kier alpha value is -0.710. The SMILES string of the molecule is C=CCC(Cc1nccs1)NN. The number of thiazole rings is 1. The molecule has 0 spiro atoms. The lowest BCUT2D eigenvalue weighted by atomic mass is 10.1. The molecule has 1 heterocycles. The summed E-state index contributed by atoms with van der Waals surface area (Å²) in [6, 6.07) is 0.258. The molecule has 1 rings (SSSR count). The zero-order valence-corrected chi connectivity index (χ0v) is 7.68. The largest absolute Gasteiger partial charge is 0.271 e. The molecule has 0 saturated heterocycles. The summed E-state index contributed by atoms with van der Waals surface area (Å²) in [5.74, 6) is 5.35. The first kappa shape index (κ1) is 9.38. The van der Waals surface area contributed by atoms with Gasteiger partial charge in [0.1, 0.15) is 0 Å². The Kier molecular flexibility index (Phi) is 3.93. The molecule has 0 saturated carbocycles. The van der Waals surface area contributed by atoms with E-state index in [1.165, 1.54) is 0 Å². The molecule has 12 heavy (non-hydrogen) atoms. The minimum absolute atomic E-state index is 0.258. The highest BCUT2D eigenvalue weighted by molar-refractivity contribution is 7.09. The smallest absolute Gasteiger partial charge is 0.0940 e. The minimum atomic E-state index is 0.258. The van der Waals surface area contributed by atoms with Gasteiger partial charge in [-0.05, 0) is 6.42 Å². The first-order valence-corrected chi connectivity index (χ1v) is 4.70. The third-order valence-corrected chi connectivity index (χ3v) is 2.39. The van der Waals surface area contributed by atoms with Crippen LogP contribution in [0.5, 0.6) is 0 Å². The highest BCUT2D eigenvalue weighted by Gasteiger charge is 2.06. The molecule has 0 aliphatic rings. The predicted octanol–water partition coefficient (Wildman–Crippen LogP) is 1.09. The number of aromatic nitrogens is 1. The number of hydrazine groups is 1. The summed E-state index contributed by atoms with van der Waals surface area (Å²) in [5.41, 5.74) is 2.74. The maximum atomic E-state index is 5.35. The second kappa shape index (κ2) is 5.03. The van der Waals surface area contributed by atoms with Gasteiger partial charge < -0.3 is 0 Å². The van der Waals surface area contributed by atoms with Crippen molar-refractivity contribution in [2.45, 2.75) is 18.9 Å². The van der Waals surface area contributed by atoms with Gasteiger partial charge in [-0.15, -0.1) is 17.9 Å². The fourth-order valence-electron chi connectivity index (χ4n) is 0.976. The number of nitrogens with zero attached hydrogens (tertiary/aromatic N) is 1. The van der Waals surface area contributed by atoms with E-state index in [0.717, 1.165) is 17.8 Å². The van der Waals surface area contributed by atoms with Gasteiger partial charge in [-0.3, -0.25) is 11.3 Å². The molecule has 0 aliphatic carbocycles. The monoisotopic (exact) mass is 183 g/mol. The molecule has 0 bridgehead atoms. The Morgan fingerprint density at radius 3 is 3.17 bits per heavy atom. The van der Waals surface area contributed by atoms with Gasteiger partial charge in [0.25, 0.3) is 0 Å². The molecule has 66 valence electrons. The van der Waals surface area contributed by atoms with Crippen LogP contribution < -0.4 is 11.3 Å². The van der Waals surface area contributed by atoms with Crippen LogP contribution in [0.2, 0.25) is 0 Å². The van der Waals surface area contributed by atoms with E-state index in [4.69, 9.17) is 5.84 Å². The van der Waals surface area contributed by atoms with Gasteiger partial charge >= 0.3 is 0 Å². The fourth-order valence-corrected chi connectivity index (χ4v) is 1.67. The van der Waals surface area contributed by atoms with Gasteiger partial charge in [0.05, 0.1) is 5.01 Å². The molecule has 0 amide bonds. The third kappa shape index (κ3) is 2.73. The molecule has 0 radical (unpaired) electrons. The highest BCUT2D eigenvalue weighted by Crippen LogP contribution is 2.08. The normalized spacial score (nSPS) is 12.8. The van der Waals surface area contributed by atoms with Crippen LogP contribution in [-0.2, 0) is 6.42 Å². The standard InChI is InChI=1S/C8H13N3S/c1-2-3-7(11-9)6-8-10-4-5-12-8/h2,4-5,7,11H,1,3,6,9H2. The van der Waals surface area contributed by atoms with Crippen LogP contribution in [0, 0.1) is 0 Å². The summed E-state index contributed by atoms with van der Waals surface area (Å²) in [5, 5.41) is 3.08. The molecule has 1 aromatic rings. The van der Waals surface area contributed by atoms with Gasteiger partial charge in [0.15, 0.2) is 0 Å². The number of nitrogens with one attached hydrogen (secondary N) is 1. The van der Waals surface area contributed by atoms with Crippen molar-refractivity contribution in [1.29, 1.82) is 0 Å². The minimum Gasteiger partial charge on any atom is -0.271 e. The summed E-state index contributed by atoms with van der Waals surface area (Å²) in [6.07, 6.45) is 5.41. The maximum Gasteiger partial charge on any atom is 0.0940 e. The summed E-state index contributed by atoms with van der Waals surface area (Å²) in [7, 11) is 0. The highest BCUT2D eigenvalue weighted by atomic mass is 32.1. The van der Waals surface area contributed by atoms with Crippen LogP contribution in [0.4, 0.5) is 0 Å². The van der Waals surface area contributed by atoms with Crippen molar-refractivity contribution >= 4 is 11.3 Å². The number of hydrogen-bond donors (Lipinski definition) is 2.